The van der Waals surface area contributed by atoms with Gasteiger partial charge in [-0.05, 0) is 32.3 Å². The van der Waals surface area contributed by atoms with Crippen LogP contribution in [-0.4, -0.2) is 12.9 Å². The van der Waals surface area contributed by atoms with E-state index in [1.54, 1.807) is 0 Å². The minimum absolute atomic E-state index is 0.0855. The molecule has 1 aliphatic heterocycles. The van der Waals surface area contributed by atoms with Gasteiger partial charge in [-0.25, -0.2) is 0 Å². The van der Waals surface area contributed by atoms with Crippen LogP contribution >= 0.6 is 0 Å². The lowest BCUT2D eigenvalue weighted by Crippen LogP contribution is -2.21. The van der Waals surface area contributed by atoms with Crippen molar-refractivity contribution in [2.75, 3.05) is 6.61 Å². The van der Waals surface area contributed by atoms with Gasteiger partial charge < -0.3 is 9.47 Å². The largest absolute Gasteiger partial charge is 0.466 e. The van der Waals surface area contributed by atoms with Crippen molar-refractivity contribution in [1.29, 1.82) is 0 Å². The quantitative estimate of drug-likeness (QED) is 0.390. The summed E-state index contributed by atoms with van der Waals surface area (Å²) in [5.74, 6) is 0.686. The first-order valence-electron chi connectivity index (χ1n) is 5.58. The average Bonchev–Trinajstić information content (AvgIpc) is 2.26. The van der Waals surface area contributed by atoms with E-state index in [0.717, 1.165) is 25.9 Å². The molecule has 0 aromatic heterocycles. The molecule has 0 aromatic rings. The molecule has 1 heterocycles. The van der Waals surface area contributed by atoms with Crippen LogP contribution in [0.15, 0.2) is 36.6 Å². The Balaban J connectivity index is 2.19. The number of hydrogen-bond acceptors (Lipinski definition) is 2. The Morgan fingerprint density at radius 3 is 3.00 bits per heavy atom. The van der Waals surface area contributed by atoms with Crippen molar-refractivity contribution in [1.82, 2.24) is 0 Å². The van der Waals surface area contributed by atoms with Crippen molar-refractivity contribution in [3.8, 4) is 0 Å². The molecule has 0 aliphatic carbocycles. The number of rotatable bonds is 5. The molecular formula is C13H20O2. The van der Waals surface area contributed by atoms with Crippen molar-refractivity contribution in [3.63, 3.8) is 0 Å². The maximum atomic E-state index is 5.54. The molecule has 0 spiro atoms. The molecule has 0 saturated carbocycles. The smallest absolute Gasteiger partial charge is 0.199 e. The van der Waals surface area contributed by atoms with Crippen LogP contribution in [0.2, 0.25) is 0 Å². The second-order valence-electron chi connectivity index (χ2n) is 3.59. The molecular weight excluding hydrogens is 188 g/mol. The minimum atomic E-state index is -0.0855. The summed E-state index contributed by atoms with van der Waals surface area (Å²) in [5.41, 5.74) is 0. The molecule has 1 rings (SSSR count). The summed E-state index contributed by atoms with van der Waals surface area (Å²) in [6.45, 7) is 6.65. The Morgan fingerprint density at radius 2 is 2.33 bits per heavy atom. The zero-order chi connectivity index (χ0) is 10.9. The van der Waals surface area contributed by atoms with E-state index in [1.165, 1.54) is 6.42 Å². The summed E-state index contributed by atoms with van der Waals surface area (Å²) in [6.07, 6.45) is 12.2. The molecule has 0 amide bonds. The monoisotopic (exact) mass is 208 g/mol. The maximum Gasteiger partial charge on any atom is 0.199 e. The standard InChI is InChI=1S/C13H20O2/c1-3-4-5-6-9-12(2)15-13-10-7-8-11-14-13/h3-4,6,9,13H,2,5,7-8,10-11H2,1H3/b4-3?,9-6-. The zero-order valence-corrected chi connectivity index (χ0v) is 9.45. The van der Waals surface area contributed by atoms with Gasteiger partial charge >= 0.3 is 0 Å². The van der Waals surface area contributed by atoms with Crippen molar-refractivity contribution in [2.45, 2.75) is 38.9 Å². The molecule has 0 radical (unpaired) electrons. The predicted octanol–water partition coefficient (Wildman–Crippen LogP) is 3.57. The van der Waals surface area contributed by atoms with E-state index in [1.807, 2.05) is 25.2 Å². The first-order chi connectivity index (χ1) is 7.33. The first kappa shape index (κ1) is 12.1. The Morgan fingerprint density at radius 1 is 1.47 bits per heavy atom. The van der Waals surface area contributed by atoms with E-state index >= 15 is 0 Å². The van der Waals surface area contributed by atoms with Gasteiger partial charge in [0.05, 0.1) is 6.61 Å². The normalized spacial score (nSPS) is 22.3. The summed E-state index contributed by atoms with van der Waals surface area (Å²) >= 11 is 0. The number of allylic oxidation sites excluding steroid dienone is 4. The Hall–Kier alpha value is -1.02. The van der Waals surface area contributed by atoms with Gasteiger partial charge in [0.2, 0.25) is 0 Å². The summed E-state index contributed by atoms with van der Waals surface area (Å²) in [7, 11) is 0. The molecule has 1 atom stereocenters. The van der Waals surface area contributed by atoms with Crippen LogP contribution in [0.1, 0.15) is 32.6 Å². The van der Waals surface area contributed by atoms with Crippen molar-refractivity contribution in [3.05, 3.63) is 36.6 Å². The highest BCUT2D eigenvalue weighted by Gasteiger charge is 2.14. The fourth-order valence-electron chi connectivity index (χ4n) is 1.43. The van der Waals surface area contributed by atoms with Crippen LogP contribution in [0.3, 0.4) is 0 Å². The Bertz CT molecular complexity index is 235. The van der Waals surface area contributed by atoms with Gasteiger partial charge in [-0.15, -0.1) is 0 Å². The molecule has 1 aliphatic rings. The lowest BCUT2D eigenvalue weighted by Gasteiger charge is -2.23. The first-order valence-corrected chi connectivity index (χ1v) is 5.58. The van der Waals surface area contributed by atoms with E-state index in [-0.39, 0.29) is 6.29 Å². The topological polar surface area (TPSA) is 18.5 Å². The van der Waals surface area contributed by atoms with Crippen LogP contribution in [0.5, 0.6) is 0 Å². The average molecular weight is 208 g/mol. The summed E-state index contributed by atoms with van der Waals surface area (Å²) in [4.78, 5) is 0. The van der Waals surface area contributed by atoms with Crippen molar-refractivity contribution < 1.29 is 9.47 Å². The van der Waals surface area contributed by atoms with E-state index < -0.39 is 0 Å². The number of hydrogen-bond donors (Lipinski definition) is 0. The van der Waals surface area contributed by atoms with Gasteiger partial charge in [-0.2, -0.15) is 0 Å². The highest BCUT2D eigenvalue weighted by molar-refractivity contribution is 5.08. The molecule has 2 heteroatoms. The lowest BCUT2D eigenvalue weighted by atomic mass is 10.2. The molecule has 15 heavy (non-hydrogen) atoms. The van der Waals surface area contributed by atoms with Crippen LogP contribution < -0.4 is 0 Å². The highest BCUT2D eigenvalue weighted by atomic mass is 16.7. The minimum Gasteiger partial charge on any atom is -0.466 e. The highest BCUT2D eigenvalue weighted by Crippen LogP contribution is 2.16. The molecule has 0 aromatic carbocycles. The summed E-state index contributed by atoms with van der Waals surface area (Å²) < 4.78 is 11.0. The van der Waals surface area contributed by atoms with Crippen LogP contribution in [0.25, 0.3) is 0 Å². The van der Waals surface area contributed by atoms with Gasteiger partial charge in [0.15, 0.2) is 6.29 Å². The second kappa shape index (κ2) is 7.30. The van der Waals surface area contributed by atoms with E-state index in [9.17, 15) is 0 Å². The van der Waals surface area contributed by atoms with E-state index in [0.29, 0.717) is 5.76 Å². The van der Waals surface area contributed by atoms with Crippen molar-refractivity contribution >= 4 is 0 Å². The molecule has 1 saturated heterocycles. The van der Waals surface area contributed by atoms with Gasteiger partial charge in [0.1, 0.15) is 5.76 Å². The third-order valence-corrected chi connectivity index (χ3v) is 2.23. The molecule has 1 fully saturated rings. The zero-order valence-electron chi connectivity index (χ0n) is 9.45. The van der Waals surface area contributed by atoms with Crippen LogP contribution in [-0.2, 0) is 9.47 Å². The molecule has 0 N–H and O–H groups in total. The summed E-state index contributed by atoms with van der Waals surface area (Å²) in [5, 5.41) is 0. The van der Waals surface area contributed by atoms with Gasteiger partial charge in [0.25, 0.3) is 0 Å². The van der Waals surface area contributed by atoms with E-state index in [2.05, 4.69) is 12.7 Å². The van der Waals surface area contributed by atoms with Crippen LogP contribution in [0, 0.1) is 0 Å². The third-order valence-electron chi connectivity index (χ3n) is 2.23. The predicted molar refractivity (Wildman–Crippen MR) is 62.4 cm³/mol. The fourth-order valence-corrected chi connectivity index (χ4v) is 1.43. The SMILES string of the molecule is C=C(/C=C\CC=CC)OC1CCCCO1. The third kappa shape index (κ3) is 5.43. The van der Waals surface area contributed by atoms with Gasteiger partial charge in [-0.3, -0.25) is 0 Å². The maximum absolute atomic E-state index is 5.54. The van der Waals surface area contributed by atoms with E-state index in [4.69, 9.17) is 9.47 Å². The van der Waals surface area contributed by atoms with Crippen molar-refractivity contribution in [2.24, 2.45) is 0 Å². The summed E-state index contributed by atoms with van der Waals surface area (Å²) in [6, 6.07) is 0. The molecule has 2 nitrogen and oxygen atoms in total. The second-order valence-corrected chi connectivity index (χ2v) is 3.59. The molecule has 0 bridgehead atoms. The lowest BCUT2D eigenvalue weighted by molar-refractivity contribution is -0.135. The molecule has 84 valence electrons. The van der Waals surface area contributed by atoms with Gasteiger partial charge in [-0.1, -0.05) is 24.8 Å². The van der Waals surface area contributed by atoms with Gasteiger partial charge in [0, 0.05) is 6.42 Å². The Kier molecular flexibility index (Phi) is 5.86. The number of ether oxygens (including phenoxy) is 2. The van der Waals surface area contributed by atoms with Crippen LogP contribution in [0.4, 0.5) is 0 Å². The molecule has 1 unspecified atom stereocenters. The Labute approximate surface area is 92.3 Å². The fraction of sp³-hybridized carbons (Fsp3) is 0.538.